The molecule has 0 aliphatic heterocycles. The summed E-state index contributed by atoms with van der Waals surface area (Å²) in [5.41, 5.74) is 2.22. The predicted octanol–water partition coefficient (Wildman–Crippen LogP) is 3.92. The zero-order valence-electron chi connectivity index (χ0n) is 14.1. The van der Waals surface area contributed by atoms with Gasteiger partial charge in [0, 0.05) is 18.1 Å². The maximum absolute atomic E-state index is 13.4. The van der Waals surface area contributed by atoms with Crippen LogP contribution in [0.4, 0.5) is 8.78 Å². The van der Waals surface area contributed by atoms with E-state index in [1.54, 1.807) is 42.3 Å². The molecule has 3 aromatic rings. The summed E-state index contributed by atoms with van der Waals surface area (Å²) in [5, 5.41) is 6.37. The van der Waals surface area contributed by atoms with E-state index in [9.17, 15) is 8.78 Å². The molecule has 1 heterocycles. The quantitative estimate of drug-likeness (QED) is 0.477. The molecule has 0 atom stereocenters. The molecular weight excluding hydrogens is 356 g/mol. The second-order valence-corrected chi connectivity index (χ2v) is 6.23. The van der Waals surface area contributed by atoms with Crippen LogP contribution >= 0.6 is 11.3 Å². The van der Waals surface area contributed by atoms with E-state index in [1.807, 2.05) is 5.38 Å². The second-order valence-electron chi connectivity index (χ2n) is 5.40. The Bertz CT molecular complexity index is 961. The van der Waals surface area contributed by atoms with E-state index in [1.165, 1.54) is 35.6 Å². The molecule has 2 aromatic carbocycles. The fraction of sp³-hybridized carbons (Fsp3) is 0.158. The van der Waals surface area contributed by atoms with Gasteiger partial charge in [-0.05, 0) is 42.0 Å². The molecule has 0 spiro atoms. The zero-order valence-corrected chi connectivity index (χ0v) is 14.9. The number of halogens is 2. The molecule has 0 amide bonds. The van der Waals surface area contributed by atoms with Crippen LogP contribution in [-0.2, 0) is 4.74 Å². The van der Waals surface area contributed by atoms with Gasteiger partial charge in [-0.25, -0.2) is 13.5 Å². The fourth-order valence-corrected chi connectivity index (χ4v) is 3.15. The highest BCUT2D eigenvalue weighted by Gasteiger charge is 2.07. The van der Waals surface area contributed by atoms with Crippen molar-refractivity contribution in [3.8, 4) is 11.3 Å². The van der Waals surface area contributed by atoms with Crippen LogP contribution in [-0.4, -0.2) is 31.2 Å². The highest BCUT2D eigenvalue weighted by Crippen LogP contribution is 2.20. The Balaban J connectivity index is 2.02. The van der Waals surface area contributed by atoms with E-state index in [-0.39, 0.29) is 11.6 Å². The first-order valence-electron chi connectivity index (χ1n) is 7.93. The van der Waals surface area contributed by atoms with E-state index < -0.39 is 0 Å². The Morgan fingerprint density at radius 2 is 1.92 bits per heavy atom. The number of hydrogen-bond donors (Lipinski definition) is 0. The van der Waals surface area contributed by atoms with Crippen LogP contribution in [0.3, 0.4) is 0 Å². The Hall–Kier alpha value is -2.64. The van der Waals surface area contributed by atoms with E-state index in [4.69, 9.17) is 4.74 Å². The van der Waals surface area contributed by atoms with Crippen molar-refractivity contribution in [2.24, 2.45) is 10.1 Å². The number of thiazole rings is 1. The van der Waals surface area contributed by atoms with Gasteiger partial charge in [0.25, 0.3) is 0 Å². The number of nitrogens with zero attached hydrogens (tertiary/aromatic N) is 3. The van der Waals surface area contributed by atoms with Gasteiger partial charge in [-0.2, -0.15) is 5.10 Å². The van der Waals surface area contributed by atoms with Crippen molar-refractivity contribution in [3.05, 3.63) is 75.9 Å². The lowest BCUT2D eigenvalue weighted by Crippen LogP contribution is -2.13. The molecule has 0 saturated carbocycles. The van der Waals surface area contributed by atoms with Crippen LogP contribution in [0.5, 0.6) is 0 Å². The van der Waals surface area contributed by atoms with Gasteiger partial charge in [0.1, 0.15) is 11.6 Å². The molecular formula is C19H17F2N3OS. The number of rotatable bonds is 6. The average molecular weight is 373 g/mol. The minimum absolute atomic E-state index is 0.302. The molecule has 0 radical (unpaired) electrons. The summed E-state index contributed by atoms with van der Waals surface area (Å²) in [6.07, 6.45) is 1.57. The Kier molecular flexibility index (Phi) is 6.04. The fourth-order valence-electron chi connectivity index (χ4n) is 2.28. The third-order valence-electron chi connectivity index (χ3n) is 3.54. The van der Waals surface area contributed by atoms with Crippen LogP contribution in [0, 0.1) is 11.6 Å². The first-order chi connectivity index (χ1) is 12.7. The van der Waals surface area contributed by atoms with Gasteiger partial charge >= 0.3 is 0 Å². The topological polar surface area (TPSA) is 38.9 Å². The highest BCUT2D eigenvalue weighted by molar-refractivity contribution is 7.07. The van der Waals surface area contributed by atoms with Crippen molar-refractivity contribution in [1.29, 1.82) is 0 Å². The smallest absolute Gasteiger partial charge is 0.206 e. The Morgan fingerprint density at radius 1 is 1.12 bits per heavy atom. The van der Waals surface area contributed by atoms with Crippen LogP contribution < -0.4 is 4.80 Å². The van der Waals surface area contributed by atoms with Crippen molar-refractivity contribution >= 4 is 17.6 Å². The second kappa shape index (κ2) is 8.64. The molecule has 0 aliphatic rings. The molecule has 7 heteroatoms. The molecule has 0 fully saturated rings. The molecule has 0 unspecified atom stereocenters. The predicted molar refractivity (Wildman–Crippen MR) is 99.4 cm³/mol. The average Bonchev–Trinajstić information content (AvgIpc) is 3.04. The summed E-state index contributed by atoms with van der Waals surface area (Å²) >= 11 is 1.42. The van der Waals surface area contributed by atoms with Crippen molar-refractivity contribution in [2.45, 2.75) is 0 Å². The SMILES string of the molecule is COCCN=c1scc(-c2ccc(F)cc2)n1/N=C\c1cccc(F)c1. The first-order valence-corrected chi connectivity index (χ1v) is 8.81. The van der Waals surface area contributed by atoms with Crippen molar-refractivity contribution in [1.82, 2.24) is 4.68 Å². The lowest BCUT2D eigenvalue weighted by molar-refractivity contribution is 0.207. The summed E-state index contributed by atoms with van der Waals surface area (Å²) in [5.74, 6) is -0.628. The Morgan fingerprint density at radius 3 is 2.65 bits per heavy atom. The minimum Gasteiger partial charge on any atom is -0.383 e. The van der Waals surface area contributed by atoms with Crippen LogP contribution in [0.25, 0.3) is 11.3 Å². The van der Waals surface area contributed by atoms with E-state index in [2.05, 4.69) is 10.1 Å². The first kappa shape index (κ1) is 18.2. The van der Waals surface area contributed by atoms with Crippen LogP contribution in [0.15, 0.2) is 64.0 Å². The number of aromatic nitrogens is 1. The van der Waals surface area contributed by atoms with Gasteiger partial charge in [0.15, 0.2) is 0 Å². The summed E-state index contributed by atoms with van der Waals surface area (Å²) in [4.78, 5) is 5.16. The Labute approximate surface area is 153 Å². The lowest BCUT2D eigenvalue weighted by atomic mass is 10.2. The van der Waals surface area contributed by atoms with Crippen LogP contribution in [0.2, 0.25) is 0 Å². The standard InChI is InChI=1S/C19H17F2N3OS/c1-25-10-9-22-19-24(23-12-14-3-2-4-17(21)11-14)18(13-26-19)15-5-7-16(20)8-6-15/h2-8,11-13H,9-10H2,1H3/b22-19?,23-12-. The van der Waals surface area contributed by atoms with Gasteiger partial charge in [-0.1, -0.05) is 12.1 Å². The van der Waals surface area contributed by atoms with Gasteiger partial charge in [-0.15, -0.1) is 11.3 Å². The van der Waals surface area contributed by atoms with Crippen LogP contribution in [0.1, 0.15) is 5.56 Å². The summed E-state index contributed by atoms with van der Waals surface area (Å²) in [6.45, 7) is 0.993. The lowest BCUT2D eigenvalue weighted by Gasteiger charge is -2.04. The molecule has 1 aromatic heterocycles. The van der Waals surface area contributed by atoms with Gasteiger partial charge in [0.2, 0.25) is 4.80 Å². The third kappa shape index (κ3) is 4.50. The maximum atomic E-state index is 13.4. The molecule has 0 saturated heterocycles. The van der Waals surface area contributed by atoms with E-state index in [0.29, 0.717) is 23.5 Å². The number of hydrogen-bond acceptors (Lipinski definition) is 4. The van der Waals surface area contributed by atoms with E-state index in [0.717, 1.165) is 11.3 Å². The van der Waals surface area contributed by atoms with Crippen molar-refractivity contribution in [3.63, 3.8) is 0 Å². The van der Waals surface area contributed by atoms with Crippen molar-refractivity contribution < 1.29 is 13.5 Å². The van der Waals surface area contributed by atoms with E-state index >= 15 is 0 Å². The van der Waals surface area contributed by atoms with Gasteiger partial charge in [0.05, 0.1) is 25.1 Å². The summed E-state index contributed by atoms with van der Waals surface area (Å²) in [7, 11) is 1.62. The summed E-state index contributed by atoms with van der Waals surface area (Å²) < 4.78 is 33.3. The molecule has 0 bridgehead atoms. The largest absolute Gasteiger partial charge is 0.383 e. The van der Waals surface area contributed by atoms with Crippen molar-refractivity contribution in [2.75, 3.05) is 20.3 Å². The molecule has 0 N–H and O–H groups in total. The minimum atomic E-state index is -0.326. The zero-order chi connectivity index (χ0) is 18.4. The van der Waals surface area contributed by atoms with Gasteiger partial charge < -0.3 is 4.74 Å². The maximum Gasteiger partial charge on any atom is 0.206 e. The molecule has 134 valence electrons. The number of methoxy groups -OCH3 is 1. The number of ether oxygens (including phenoxy) is 1. The van der Waals surface area contributed by atoms with Gasteiger partial charge in [-0.3, -0.25) is 4.99 Å². The third-order valence-corrected chi connectivity index (χ3v) is 4.39. The molecule has 26 heavy (non-hydrogen) atoms. The summed E-state index contributed by atoms with van der Waals surface area (Å²) in [6, 6.07) is 12.3. The number of benzene rings is 2. The molecule has 3 rings (SSSR count). The normalized spacial score (nSPS) is 12.2. The molecule has 0 aliphatic carbocycles. The highest BCUT2D eigenvalue weighted by atomic mass is 32.1. The molecule has 4 nitrogen and oxygen atoms in total. The monoisotopic (exact) mass is 373 g/mol.